The number of aliphatic carboxylic acids is 1. The van der Waals surface area contributed by atoms with Gasteiger partial charge in [0.25, 0.3) is 0 Å². The van der Waals surface area contributed by atoms with E-state index >= 15 is 0 Å². The van der Waals surface area contributed by atoms with Gasteiger partial charge in [0.05, 0.1) is 5.75 Å². The van der Waals surface area contributed by atoms with E-state index in [9.17, 15) is 4.79 Å². The molecular weight excluding hydrogens is 156 g/mol. The van der Waals surface area contributed by atoms with Crippen molar-refractivity contribution in [1.29, 1.82) is 0 Å². The standard InChI is InChI=1S/C3H8S.C2H4O2S/c1-2-3-4;3-2(4)1-5/h4H,2-3H2,1H3;5H,1H2,(H,3,4). The highest BCUT2D eigenvalue weighted by Gasteiger charge is 1.81. The van der Waals surface area contributed by atoms with Crippen molar-refractivity contribution in [2.45, 2.75) is 13.3 Å². The molecule has 4 heteroatoms. The Balaban J connectivity index is 0. The molecule has 56 valence electrons. The Labute approximate surface area is 66.5 Å². The quantitative estimate of drug-likeness (QED) is 0.544. The number of carboxylic acid groups (broad SMARTS) is 1. The Morgan fingerprint density at radius 3 is 1.78 bits per heavy atom. The van der Waals surface area contributed by atoms with Gasteiger partial charge in [-0.1, -0.05) is 6.92 Å². The van der Waals surface area contributed by atoms with Gasteiger partial charge in [0.2, 0.25) is 0 Å². The van der Waals surface area contributed by atoms with Crippen LogP contribution in [0.1, 0.15) is 13.3 Å². The van der Waals surface area contributed by atoms with E-state index in [2.05, 4.69) is 32.2 Å². The predicted octanol–water partition coefficient (Wildman–Crippen LogP) is 1.33. The van der Waals surface area contributed by atoms with Gasteiger partial charge in [0.1, 0.15) is 0 Å². The highest BCUT2D eigenvalue weighted by Crippen LogP contribution is 1.74. The molecule has 2 nitrogen and oxygen atoms in total. The summed E-state index contributed by atoms with van der Waals surface area (Å²) in [6.45, 7) is 2.10. The number of carboxylic acids is 1. The van der Waals surface area contributed by atoms with Gasteiger partial charge in [0, 0.05) is 0 Å². The molecule has 0 amide bonds. The Kier molecular flexibility index (Phi) is 14.6. The van der Waals surface area contributed by atoms with Gasteiger partial charge < -0.3 is 5.11 Å². The van der Waals surface area contributed by atoms with Crippen LogP contribution in [0.3, 0.4) is 0 Å². The van der Waals surface area contributed by atoms with E-state index in [0.717, 1.165) is 5.75 Å². The Morgan fingerprint density at radius 2 is 1.78 bits per heavy atom. The maximum Gasteiger partial charge on any atom is 0.313 e. The van der Waals surface area contributed by atoms with Gasteiger partial charge in [-0.3, -0.25) is 4.79 Å². The van der Waals surface area contributed by atoms with E-state index in [-0.39, 0.29) is 5.75 Å². The molecule has 0 bridgehead atoms. The molecule has 0 unspecified atom stereocenters. The molecule has 0 saturated carbocycles. The van der Waals surface area contributed by atoms with E-state index < -0.39 is 5.97 Å². The molecule has 0 saturated heterocycles. The first-order valence-electron chi connectivity index (χ1n) is 2.62. The van der Waals surface area contributed by atoms with Crippen molar-refractivity contribution in [3.05, 3.63) is 0 Å². The minimum absolute atomic E-state index is 0.0833. The summed E-state index contributed by atoms with van der Waals surface area (Å²) in [5, 5.41) is 7.65. The third-order valence-electron chi connectivity index (χ3n) is 0.359. The van der Waals surface area contributed by atoms with Gasteiger partial charge in [-0.05, 0) is 12.2 Å². The van der Waals surface area contributed by atoms with Crippen molar-refractivity contribution < 1.29 is 9.90 Å². The summed E-state index contributed by atoms with van der Waals surface area (Å²) in [4.78, 5) is 9.29. The van der Waals surface area contributed by atoms with Crippen molar-refractivity contribution in [2.24, 2.45) is 0 Å². The molecule has 0 aromatic rings. The molecular formula is C5H12O2S2. The summed E-state index contributed by atoms with van der Waals surface area (Å²) in [5.41, 5.74) is 0. The van der Waals surface area contributed by atoms with Crippen LogP contribution in [-0.2, 0) is 4.79 Å². The molecule has 0 atom stereocenters. The molecule has 0 spiro atoms. The highest BCUT2D eigenvalue weighted by atomic mass is 32.1. The lowest BCUT2D eigenvalue weighted by Crippen LogP contribution is -1.92. The van der Waals surface area contributed by atoms with Gasteiger partial charge in [-0.2, -0.15) is 25.3 Å². The van der Waals surface area contributed by atoms with Gasteiger partial charge in [-0.15, -0.1) is 0 Å². The Hall–Kier alpha value is 0.170. The first-order valence-corrected chi connectivity index (χ1v) is 3.89. The van der Waals surface area contributed by atoms with Crippen LogP contribution < -0.4 is 0 Å². The SMILES string of the molecule is CCCS.O=C(O)CS. The second-order valence-corrected chi connectivity index (χ2v) is 2.04. The van der Waals surface area contributed by atoms with Crippen molar-refractivity contribution in [1.82, 2.24) is 0 Å². The molecule has 1 N–H and O–H groups in total. The molecule has 9 heavy (non-hydrogen) atoms. The summed E-state index contributed by atoms with van der Waals surface area (Å²) in [7, 11) is 0. The van der Waals surface area contributed by atoms with Gasteiger partial charge >= 0.3 is 5.97 Å². The lowest BCUT2D eigenvalue weighted by Gasteiger charge is -1.71. The fraction of sp³-hybridized carbons (Fsp3) is 0.800. The second kappa shape index (κ2) is 11.0. The van der Waals surface area contributed by atoms with Crippen LogP contribution >= 0.6 is 25.3 Å². The summed E-state index contributed by atoms with van der Waals surface area (Å²) in [5.74, 6) is 0.0494. The molecule has 0 heterocycles. The minimum atomic E-state index is -0.881. The van der Waals surface area contributed by atoms with Crippen molar-refractivity contribution in [3.63, 3.8) is 0 Å². The summed E-state index contributed by atoms with van der Waals surface area (Å²) in [6, 6.07) is 0. The number of rotatable bonds is 2. The monoisotopic (exact) mass is 168 g/mol. The van der Waals surface area contributed by atoms with Crippen LogP contribution in [0.15, 0.2) is 0 Å². The van der Waals surface area contributed by atoms with Gasteiger partial charge in [0.15, 0.2) is 0 Å². The second-order valence-electron chi connectivity index (χ2n) is 1.28. The average Bonchev–Trinajstić information content (AvgIpc) is 1.89. The normalized spacial score (nSPS) is 7.44. The summed E-state index contributed by atoms with van der Waals surface area (Å²) in [6.07, 6.45) is 1.18. The molecule has 0 aliphatic heterocycles. The zero-order chi connectivity index (χ0) is 7.70. The molecule has 0 radical (unpaired) electrons. The van der Waals surface area contributed by atoms with E-state index in [1.54, 1.807) is 0 Å². The van der Waals surface area contributed by atoms with Crippen molar-refractivity contribution >= 4 is 31.2 Å². The number of hydrogen-bond donors (Lipinski definition) is 3. The largest absolute Gasteiger partial charge is 0.481 e. The third kappa shape index (κ3) is 31.0. The van der Waals surface area contributed by atoms with Crippen LogP contribution in [-0.4, -0.2) is 22.6 Å². The first kappa shape index (κ1) is 11.9. The van der Waals surface area contributed by atoms with Crippen LogP contribution in [0.25, 0.3) is 0 Å². The molecule has 0 aliphatic rings. The van der Waals surface area contributed by atoms with Crippen LogP contribution in [0.4, 0.5) is 0 Å². The summed E-state index contributed by atoms with van der Waals surface area (Å²) < 4.78 is 0. The first-order chi connectivity index (χ1) is 4.18. The van der Waals surface area contributed by atoms with E-state index in [4.69, 9.17) is 5.11 Å². The smallest absolute Gasteiger partial charge is 0.313 e. The average molecular weight is 168 g/mol. The maximum absolute atomic E-state index is 9.29. The van der Waals surface area contributed by atoms with Gasteiger partial charge in [-0.25, -0.2) is 0 Å². The summed E-state index contributed by atoms with van der Waals surface area (Å²) >= 11 is 7.34. The van der Waals surface area contributed by atoms with E-state index in [0.29, 0.717) is 0 Å². The number of thiol groups is 2. The lowest BCUT2D eigenvalue weighted by molar-refractivity contribution is -0.133. The Morgan fingerprint density at radius 1 is 1.56 bits per heavy atom. The van der Waals surface area contributed by atoms with E-state index in [1.807, 2.05) is 0 Å². The maximum atomic E-state index is 9.29. The fourth-order valence-corrected chi connectivity index (χ4v) is 0. The predicted molar refractivity (Wildman–Crippen MR) is 45.6 cm³/mol. The highest BCUT2D eigenvalue weighted by molar-refractivity contribution is 7.81. The number of carbonyl (C=O) groups is 1. The Bertz CT molecular complexity index is 64.0. The zero-order valence-corrected chi connectivity index (χ0v) is 7.16. The molecule has 0 fully saturated rings. The number of hydrogen-bond acceptors (Lipinski definition) is 3. The van der Waals surface area contributed by atoms with E-state index in [1.165, 1.54) is 6.42 Å². The fourth-order valence-electron chi connectivity index (χ4n) is 0. The van der Waals surface area contributed by atoms with Crippen molar-refractivity contribution in [3.8, 4) is 0 Å². The third-order valence-corrected chi connectivity index (χ3v) is 1.08. The molecule has 0 aromatic heterocycles. The molecule has 0 aromatic carbocycles. The zero-order valence-electron chi connectivity index (χ0n) is 5.37. The topological polar surface area (TPSA) is 37.3 Å². The van der Waals surface area contributed by atoms with Crippen LogP contribution in [0.5, 0.6) is 0 Å². The van der Waals surface area contributed by atoms with Crippen LogP contribution in [0, 0.1) is 0 Å². The molecule has 0 aliphatic carbocycles. The minimum Gasteiger partial charge on any atom is -0.481 e. The van der Waals surface area contributed by atoms with Crippen molar-refractivity contribution in [2.75, 3.05) is 11.5 Å². The lowest BCUT2D eigenvalue weighted by atomic mass is 10.6. The molecule has 0 rings (SSSR count). The van der Waals surface area contributed by atoms with Crippen LogP contribution in [0.2, 0.25) is 0 Å².